The summed E-state index contributed by atoms with van der Waals surface area (Å²) in [6, 6.07) is 1.89. The van der Waals surface area contributed by atoms with E-state index in [1.165, 1.54) is 0 Å². The first-order valence-electron chi connectivity index (χ1n) is 5.19. The molecule has 0 amide bonds. The van der Waals surface area contributed by atoms with Crippen LogP contribution in [-0.4, -0.2) is 20.6 Å². The summed E-state index contributed by atoms with van der Waals surface area (Å²) in [6.45, 7) is 1.97. The number of nitrogens with two attached hydrogens (primary N) is 2. The van der Waals surface area contributed by atoms with Crippen LogP contribution in [0, 0.1) is 0 Å². The van der Waals surface area contributed by atoms with Crippen molar-refractivity contribution in [2.45, 2.75) is 19.4 Å². The van der Waals surface area contributed by atoms with Crippen LogP contribution in [0.1, 0.15) is 19.0 Å². The van der Waals surface area contributed by atoms with Crippen molar-refractivity contribution < 1.29 is 0 Å². The summed E-state index contributed by atoms with van der Waals surface area (Å²) in [5.74, 6) is 0. The number of rotatable bonds is 3. The SMILES string of the molecule is C[C@H](N)C/C=C/c1cnc2c(N)ccnn12.Cl.Cl.Cl. The van der Waals surface area contributed by atoms with Gasteiger partial charge in [-0.3, -0.25) is 0 Å². The third kappa shape index (κ3) is 4.87. The van der Waals surface area contributed by atoms with Crippen molar-refractivity contribution in [1.82, 2.24) is 14.6 Å². The summed E-state index contributed by atoms with van der Waals surface area (Å²) in [5, 5.41) is 4.19. The molecule has 2 aromatic rings. The number of anilines is 1. The molecule has 0 saturated carbocycles. The molecule has 0 saturated heterocycles. The van der Waals surface area contributed by atoms with Gasteiger partial charge in [-0.15, -0.1) is 37.2 Å². The van der Waals surface area contributed by atoms with Crippen molar-refractivity contribution in [3.63, 3.8) is 0 Å². The second kappa shape index (κ2) is 8.98. The van der Waals surface area contributed by atoms with Gasteiger partial charge < -0.3 is 11.5 Å². The minimum atomic E-state index is 0. The molecule has 0 radical (unpaired) electrons. The molecule has 2 aromatic heterocycles. The summed E-state index contributed by atoms with van der Waals surface area (Å²) >= 11 is 0. The number of aromatic nitrogens is 3. The van der Waals surface area contributed by atoms with E-state index in [-0.39, 0.29) is 43.3 Å². The van der Waals surface area contributed by atoms with E-state index in [0.717, 1.165) is 12.1 Å². The van der Waals surface area contributed by atoms with Gasteiger partial charge in [0, 0.05) is 6.04 Å². The lowest BCUT2D eigenvalue weighted by molar-refractivity contribution is 0.758. The van der Waals surface area contributed by atoms with Crippen molar-refractivity contribution in [2.24, 2.45) is 5.73 Å². The standard InChI is InChI=1S/C11H15N5.3ClH/c1-8(12)3-2-4-9-7-14-11-10(13)5-6-15-16(9)11;;;/h2,4-8H,3,12-13H2,1H3;3*1H/b4-2+;;;/t8-;;;/m0.../s1. The maximum absolute atomic E-state index is 5.78. The average molecular weight is 327 g/mol. The molecule has 0 unspecified atom stereocenters. The van der Waals surface area contributed by atoms with Gasteiger partial charge in [-0.1, -0.05) is 6.08 Å². The lowest BCUT2D eigenvalue weighted by atomic mass is 10.2. The lowest BCUT2D eigenvalue weighted by Gasteiger charge is -1.98. The lowest BCUT2D eigenvalue weighted by Crippen LogP contribution is -2.12. The van der Waals surface area contributed by atoms with Crippen LogP contribution in [0.25, 0.3) is 11.7 Å². The van der Waals surface area contributed by atoms with Gasteiger partial charge in [-0.25, -0.2) is 9.50 Å². The number of halogens is 3. The Labute approximate surface area is 130 Å². The summed E-state index contributed by atoms with van der Waals surface area (Å²) in [5.41, 5.74) is 13.7. The molecule has 0 aliphatic heterocycles. The van der Waals surface area contributed by atoms with E-state index in [0.29, 0.717) is 11.3 Å². The summed E-state index contributed by atoms with van der Waals surface area (Å²) in [6.07, 6.45) is 8.20. The molecular weight excluding hydrogens is 309 g/mol. The molecular formula is C11H18Cl3N5. The second-order valence-electron chi connectivity index (χ2n) is 3.82. The number of hydrogen-bond donors (Lipinski definition) is 2. The minimum Gasteiger partial charge on any atom is -0.396 e. The van der Waals surface area contributed by atoms with E-state index >= 15 is 0 Å². The first kappa shape index (κ1) is 20.3. The fourth-order valence-electron chi connectivity index (χ4n) is 1.45. The Morgan fingerprint density at radius 1 is 1.37 bits per heavy atom. The first-order chi connectivity index (χ1) is 7.68. The Kier molecular flexibility index (Phi) is 9.60. The van der Waals surface area contributed by atoms with Crippen LogP contribution in [0.4, 0.5) is 5.69 Å². The zero-order valence-corrected chi connectivity index (χ0v) is 12.8. The van der Waals surface area contributed by atoms with E-state index in [2.05, 4.69) is 10.1 Å². The zero-order valence-electron chi connectivity index (χ0n) is 10.4. The second-order valence-corrected chi connectivity index (χ2v) is 3.82. The van der Waals surface area contributed by atoms with Crippen molar-refractivity contribution in [2.75, 3.05) is 5.73 Å². The van der Waals surface area contributed by atoms with Crippen LogP contribution in [0.3, 0.4) is 0 Å². The zero-order chi connectivity index (χ0) is 11.5. The highest BCUT2D eigenvalue weighted by molar-refractivity contribution is 5.86. The van der Waals surface area contributed by atoms with Gasteiger partial charge in [0.25, 0.3) is 0 Å². The number of imidazole rings is 1. The number of nitrogen functional groups attached to an aromatic ring is 1. The van der Waals surface area contributed by atoms with Crippen molar-refractivity contribution in [3.05, 3.63) is 30.2 Å². The molecule has 2 heterocycles. The van der Waals surface area contributed by atoms with E-state index < -0.39 is 0 Å². The fraction of sp³-hybridized carbons (Fsp3) is 0.273. The third-order valence-electron chi connectivity index (χ3n) is 2.26. The van der Waals surface area contributed by atoms with Gasteiger partial charge in [0.2, 0.25) is 0 Å². The molecule has 0 aromatic carbocycles. The highest BCUT2D eigenvalue weighted by atomic mass is 35.5. The molecule has 8 heteroatoms. The predicted molar refractivity (Wildman–Crippen MR) is 86.4 cm³/mol. The van der Waals surface area contributed by atoms with Gasteiger partial charge in [0.05, 0.1) is 23.8 Å². The maximum Gasteiger partial charge on any atom is 0.177 e. The number of fused-ring (bicyclic) bond motifs is 1. The Hall–Kier alpha value is -1.01. The largest absolute Gasteiger partial charge is 0.396 e. The summed E-state index contributed by atoms with van der Waals surface area (Å²) in [4.78, 5) is 4.21. The van der Waals surface area contributed by atoms with E-state index in [4.69, 9.17) is 11.5 Å². The molecule has 0 fully saturated rings. The van der Waals surface area contributed by atoms with Gasteiger partial charge in [0.1, 0.15) is 0 Å². The van der Waals surface area contributed by atoms with Gasteiger partial charge in [0.15, 0.2) is 5.65 Å². The molecule has 5 nitrogen and oxygen atoms in total. The van der Waals surface area contributed by atoms with Crippen LogP contribution >= 0.6 is 37.2 Å². The van der Waals surface area contributed by atoms with E-state index in [1.54, 1.807) is 23.0 Å². The van der Waals surface area contributed by atoms with Crippen LogP contribution in [-0.2, 0) is 0 Å². The molecule has 2 rings (SSSR count). The minimum absolute atomic E-state index is 0. The van der Waals surface area contributed by atoms with Crippen LogP contribution in [0.2, 0.25) is 0 Å². The highest BCUT2D eigenvalue weighted by Gasteiger charge is 2.03. The molecule has 0 bridgehead atoms. The van der Waals surface area contributed by atoms with Crippen molar-refractivity contribution in [3.8, 4) is 0 Å². The average Bonchev–Trinajstić information content (AvgIpc) is 2.63. The normalized spacial score (nSPS) is 11.5. The fourth-order valence-corrected chi connectivity index (χ4v) is 1.45. The van der Waals surface area contributed by atoms with Crippen molar-refractivity contribution >= 4 is 54.6 Å². The summed E-state index contributed by atoms with van der Waals surface area (Å²) < 4.78 is 1.72. The monoisotopic (exact) mass is 325 g/mol. The van der Waals surface area contributed by atoms with Crippen LogP contribution < -0.4 is 11.5 Å². The quantitative estimate of drug-likeness (QED) is 0.907. The summed E-state index contributed by atoms with van der Waals surface area (Å²) in [7, 11) is 0. The van der Waals surface area contributed by atoms with Gasteiger partial charge >= 0.3 is 0 Å². The molecule has 0 aliphatic carbocycles. The molecule has 19 heavy (non-hydrogen) atoms. The number of nitrogens with zero attached hydrogens (tertiary/aromatic N) is 3. The predicted octanol–water partition coefficient (Wildman–Crippen LogP) is 2.33. The van der Waals surface area contributed by atoms with Gasteiger partial charge in [-0.05, 0) is 25.5 Å². The highest BCUT2D eigenvalue weighted by Crippen LogP contribution is 2.12. The van der Waals surface area contributed by atoms with E-state index in [1.807, 2.05) is 19.1 Å². The van der Waals surface area contributed by atoms with Crippen molar-refractivity contribution in [1.29, 1.82) is 0 Å². The molecule has 1 atom stereocenters. The topological polar surface area (TPSA) is 82.2 Å². The third-order valence-corrected chi connectivity index (χ3v) is 2.26. The molecule has 108 valence electrons. The van der Waals surface area contributed by atoms with Gasteiger partial charge in [-0.2, -0.15) is 5.10 Å². The Morgan fingerprint density at radius 2 is 2.05 bits per heavy atom. The first-order valence-corrected chi connectivity index (χ1v) is 5.19. The molecule has 0 aliphatic rings. The van der Waals surface area contributed by atoms with Crippen LogP contribution in [0.5, 0.6) is 0 Å². The van der Waals surface area contributed by atoms with Crippen LogP contribution in [0.15, 0.2) is 24.5 Å². The Bertz CT molecular complexity index is 524. The van der Waals surface area contributed by atoms with E-state index in [9.17, 15) is 0 Å². The Balaban J connectivity index is 0. The number of hydrogen-bond acceptors (Lipinski definition) is 4. The smallest absolute Gasteiger partial charge is 0.177 e. The molecule has 0 spiro atoms. The maximum atomic E-state index is 5.78. The molecule has 4 N–H and O–H groups in total. The Morgan fingerprint density at radius 3 is 2.68 bits per heavy atom.